The van der Waals surface area contributed by atoms with Crippen LogP contribution in [-0.2, 0) is 12.7 Å². The molecule has 0 aliphatic heterocycles. The van der Waals surface area contributed by atoms with Crippen molar-refractivity contribution in [3.63, 3.8) is 0 Å². The van der Waals surface area contributed by atoms with Crippen LogP contribution in [0.15, 0.2) is 42.6 Å². The van der Waals surface area contributed by atoms with Crippen molar-refractivity contribution in [3.05, 3.63) is 63.9 Å². The van der Waals surface area contributed by atoms with Crippen LogP contribution in [0.1, 0.15) is 21.5 Å². The van der Waals surface area contributed by atoms with Gasteiger partial charge in [-0.3, -0.25) is 4.79 Å². The maximum Gasteiger partial charge on any atom is 0.416 e. The number of alkyl halides is 3. The Kier molecular flexibility index (Phi) is 4.65. The summed E-state index contributed by atoms with van der Waals surface area (Å²) in [5, 5.41) is 0. The first-order valence-electron chi connectivity index (χ1n) is 6.38. The number of nitrogens with one attached hydrogen (secondary N) is 1. The fraction of sp³-hybridized carbons (Fsp3) is 0.200. The molecular weight excluding hydrogens is 313 g/mol. The van der Waals surface area contributed by atoms with Crippen LogP contribution in [-0.4, -0.2) is 22.8 Å². The molecule has 2 aromatic rings. The van der Waals surface area contributed by atoms with Crippen LogP contribution in [0.4, 0.5) is 13.2 Å². The van der Waals surface area contributed by atoms with E-state index in [9.17, 15) is 18.0 Å². The van der Waals surface area contributed by atoms with Gasteiger partial charge in [0.15, 0.2) is 0 Å². The Labute approximate surface area is 130 Å². The second kappa shape index (κ2) is 6.31. The monoisotopic (exact) mass is 326 g/mol. The molecule has 1 N–H and O–H groups in total. The summed E-state index contributed by atoms with van der Waals surface area (Å²) in [4.78, 5) is 16.4. The molecule has 0 aliphatic rings. The molecule has 0 unspecified atom stereocenters. The van der Waals surface area contributed by atoms with Crippen molar-refractivity contribution in [2.24, 2.45) is 0 Å². The average molecular weight is 326 g/mol. The van der Waals surface area contributed by atoms with Crippen LogP contribution < -0.4 is 0 Å². The van der Waals surface area contributed by atoms with Crippen molar-refractivity contribution in [3.8, 4) is 0 Å². The van der Waals surface area contributed by atoms with E-state index < -0.39 is 11.7 Å². The number of aromatic nitrogens is 1. The summed E-state index contributed by atoms with van der Waals surface area (Å²) in [5.41, 5.74) is 0.248. The van der Waals surface area contributed by atoms with E-state index in [4.69, 9.17) is 12.2 Å². The van der Waals surface area contributed by atoms with Crippen molar-refractivity contribution in [1.29, 1.82) is 0 Å². The Morgan fingerprint density at radius 2 is 1.86 bits per heavy atom. The van der Waals surface area contributed by atoms with Gasteiger partial charge < -0.3 is 9.88 Å². The third-order valence-corrected chi connectivity index (χ3v) is 3.43. The molecule has 7 heteroatoms. The average Bonchev–Trinajstić information content (AvgIpc) is 2.46. The lowest BCUT2D eigenvalue weighted by Crippen LogP contribution is -2.26. The Balaban J connectivity index is 2.12. The van der Waals surface area contributed by atoms with Gasteiger partial charge in [-0.2, -0.15) is 13.2 Å². The number of halogens is 3. The lowest BCUT2D eigenvalue weighted by Gasteiger charge is -2.17. The summed E-state index contributed by atoms with van der Waals surface area (Å²) in [6.07, 6.45) is -2.74. The minimum atomic E-state index is -4.36. The topological polar surface area (TPSA) is 36.1 Å². The highest BCUT2D eigenvalue weighted by molar-refractivity contribution is 7.71. The van der Waals surface area contributed by atoms with E-state index in [0.717, 1.165) is 12.1 Å². The zero-order valence-electron chi connectivity index (χ0n) is 11.6. The number of H-pyrrole nitrogens is 1. The molecule has 0 bridgehead atoms. The van der Waals surface area contributed by atoms with Crippen LogP contribution in [0, 0.1) is 4.64 Å². The highest BCUT2D eigenvalue weighted by atomic mass is 32.1. The summed E-state index contributed by atoms with van der Waals surface area (Å²) in [6.45, 7) is 0.195. The molecule has 0 fully saturated rings. The second-order valence-corrected chi connectivity index (χ2v) is 5.18. The lowest BCUT2D eigenvalue weighted by atomic mass is 10.1. The molecule has 116 valence electrons. The lowest BCUT2D eigenvalue weighted by molar-refractivity contribution is -0.137. The van der Waals surface area contributed by atoms with E-state index in [1.165, 1.54) is 17.0 Å². The predicted octanol–water partition coefficient (Wildman–Crippen LogP) is 4.04. The molecule has 1 aromatic heterocycles. The number of pyridine rings is 1. The Morgan fingerprint density at radius 3 is 2.41 bits per heavy atom. The van der Waals surface area contributed by atoms with Gasteiger partial charge in [-0.05, 0) is 29.8 Å². The molecule has 0 radical (unpaired) electrons. The van der Waals surface area contributed by atoms with E-state index in [1.54, 1.807) is 25.4 Å². The Morgan fingerprint density at radius 1 is 1.23 bits per heavy atom. The highest BCUT2D eigenvalue weighted by Gasteiger charge is 2.30. The number of rotatable bonds is 3. The molecule has 0 atom stereocenters. The van der Waals surface area contributed by atoms with Gasteiger partial charge >= 0.3 is 6.18 Å². The predicted molar refractivity (Wildman–Crippen MR) is 78.9 cm³/mol. The molecule has 3 nitrogen and oxygen atoms in total. The van der Waals surface area contributed by atoms with Crippen LogP contribution in [0.3, 0.4) is 0 Å². The van der Waals surface area contributed by atoms with E-state index >= 15 is 0 Å². The van der Waals surface area contributed by atoms with Gasteiger partial charge in [-0.15, -0.1) is 0 Å². The van der Waals surface area contributed by atoms with Gasteiger partial charge in [0.25, 0.3) is 5.91 Å². The number of nitrogens with zero attached hydrogens (tertiary/aromatic N) is 1. The summed E-state index contributed by atoms with van der Waals surface area (Å²) < 4.78 is 37.8. The van der Waals surface area contributed by atoms with Crippen LogP contribution in [0.2, 0.25) is 0 Å². The normalized spacial score (nSPS) is 11.3. The zero-order chi connectivity index (χ0) is 16.3. The van der Waals surface area contributed by atoms with Gasteiger partial charge in [-0.25, -0.2) is 0 Å². The zero-order valence-corrected chi connectivity index (χ0v) is 12.5. The quantitative estimate of drug-likeness (QED) is 0.864. The van der Waals surface area contributed by atoms with E-state index in [0.29, 0.717) is 15.8 Å². The van der Waals surface area contributed by atoms with Crippen molar-refractivity contribution in [1.82, 2.24) is 9.88 Å². The summed E-state index contributed by atoms with van der Waals surface area (Å²) >= 11 is 5.04. The molecule has 1 heterocycles. The van der Waals surface area contributed by atoms with Crippen molar-refractivity contribution in [2.45, 2.75) is 12.7 Å². The largest absolute Gasteiger partial charge is 0.416 e. The number of carbonyl (C=O) groups excluding carboxylic acids is 1. The van der Waals surface area contributed by atoms with Crippen LogP contribution in [0.5, 0.6) is 0 Å². The third-order valence-electron chi connectivity index (χ3n) is 3.10. The summed E-state index contributed by atoms with van der Waals surface area (Å²) in [7, 11) is 1.57. The molecule has 1 aromatic carbocycles. The number of benzene rings is 1. The van der Waals surface area contributed by atoms with Crippen molar-refractivity contribution >= 4 is 18.1 Å². The van der Waals surface area contributed by atoms with Gasteiger partial charge in [0.05, 0.1) is 11.1 Å². The van der Waals surface area contributed by atoms with Crippen LogP contribution >= 0.6 is 12.2 Å². The number of amides is 1. The van der Waals surface area contributed by atoms with E-state index in [2.05, 4.69) is 4.98 Å². The second-order valence-electron chi connectivity index (χ2n) is 4.77. The SMILES string of the molecule is CN(Cc1ccc(C(F)(F)F)cc1)C(=O)c1ccc[nH]c1=S. The van der Waals surface area contributed by atoms with Gasteiger partial charge in [-0.1, -0.05) is 24.4 Å². The number of hydrogen-bond acceptors (Lipinski definition) is 2. The molecule has 2 rings (SSSR count). The third kappa shape index (κ3) is 3.73. The molecule has 0 saturated carbocycles. The molecule has 22 heavy (non-hydrogen) atoms. The smallest absolute Gasteiger partial charge is 0.352 e. The first-order valence-corrected chi connectivity index (χ1v) is 6.79. The highest BCUT2D eigenvalue weighted by Crippen LogP contribution is 2.29. The maximum atomic E-state index is 12.5. The van der Waals surface area contributed by atoms with Crippen molar-refractivity contribution in [2.75, 3.05) is 7.05 Å². The molecule has 0 saturated heterocycles. The van der Waals surface area contributed by atoms with Gasteiger partial charge in [0.2, 0.25) is 0 Å². The van der Waals surface area contributed by atoms with Crippen molar-refractivity contribution < 1.29 is 18.0 Å². The summed E-state index contributed by atoms with van der Waals surface area (Å²) in [6, 6.07) is 7.99. The Hall–Kier alpha value is -2.15. The first kappa shape index (κ1) is 16.2. The van der Waals surface area contributed by atoms with Gasteiger partial charge in [0, 0.05) is 19.8 Å². The summed E-state index contributed by atoms with van der Waals surface area (Å²) in [5.74, 6) is -0.290. The molecule has 0 spiro atoms. The number of hydrogen-bond donors (Lipinski definition) is 1. The van der Waals surface area contributed by atoms with Gasteiger partial charge in [0.1, 0.15) is 4.64 Å². The first-order chi connectivity index (χ1) is 10.3. The number of aromatic amines is 1. The fourth-order valence-electron chi connectivity index (χ4n) is 1.94. The molecule has 1 amide bonds. The molecule has 0 aliphatic carbocycles. The standard InChI is InChI=1S/C15H13F3N2OS/c1-20(14(21)12-3-2-8-19-13(12)22)9-10-4-6-11(7-5-10)15(16,17)18/h2-8H,9H2,1H3,(H,19,22). The minimum Gasteiger partial charge on any atom is -0.352 e. The fourth-order valence-corrected chi connectivity index (χ4v) is 2.16. The van der Waals surface area contributed by atoms with E-state index in [-0.39, 0.29) is 12.5 Å². The Bertz CT molecular complexity index is 723. The molecular formula is C15H13F3N2OS. The van der Waals surface area contributed by atoms with E-state index in [1.807, 2.05) is 0 Å². The maximum absolute atomic E-state index is 12.5. The minimum absolute atomic E-state index is 0.195. The number of carbonyl (C=O) groups is 1. The van der Waals surface area contributed by atoms with Crippen LogP contribution in [0.25, 0.3) is 0 Å².